The molecule has 1 amide bonds. The molecule has 1 aliphatic heterocycles. The van der Waals surface area contributed by atoms with Gasteiger partial charge in [-0.25, -0.2) is 0 Å². The van der Waals surface area contributed by atoms with Gasteiger partial charge >= 0.3 is 5.97 Å². The van der Waals surface area contributed by atoms with Crippen LogP contribution in [0.2, 0.25) is 0 Å². The number of likely N-dealkylation sites (tertiary alicyclic amines) is 1. The Balaban J connectivity index is 2.27. The first-order valence-corrected chi connectivity index (χ1v) is 7.56. The maximum atomic E-state index is 12.1. The van der Waals surface area contributed by atoms with Crippen LogP contribution in [0.15, 0.2) is 0 Å². The Morgan fingerprint density at radius 2 is 2.05 bits per heavy atom. The first-order chi connectivity index (χ1) is 9.06. The van der Waals surface area contributed by atoms with Crippen molar-refractivity contribution in [1.82, 2.24) is 4.90 Å². The van der Waals surface area contributed by atoms with Crippen molar-refractivity contribution < 1.29 is 14.7 Å². The summed E-state index contributed by atoms with van der Waals surface area (Å²) in [7, 11) is 0. The second kappa shape index (κ2) is 8.18. The molecule has 19 heavy (non-hydrogen) atoms. The monoisotopic (exact) mass is 269 g/mol. The fourth-order valence-electron chi connectivity index (χ4n) is 2.88. The largest absolute Gasteiger partial charge is 0.480 e. The third kappa shape index (κ3) is 5.21. The molecule has 1 N–H and O–H groups in total. The number of carbonyl (C=O) groups is 2. The van der Waals surface area contributed by atoms with E-state index in [1.54, 1.807) is 0 Å². The molecular weight excluding hydrogens is 242 g/mol. The Bertz CT molecular complexity index is 304. The maximum absolute atomic E-state index is 12.1. The van der Waals surface area contributed by atoms with Crippen molar-refractivity contribution in [2.75, 3.05) is 13.1 Å². The van der Waals surface area contributed by atoms with Crippen molar-refractivity contribution in [2.45, 2.75) is 58.8 Å². The third-order valence-corrected chi connectivity index (χ3v) is 4.11. The number of carbonyl (C=O) groups excluding carboxylic acids is 1. The van der Waals surface area contributed by atoms with Gasteiger partial charge < -0.3 is 10.0 Å². The standard InChI is InChI=1S/C15H27NO3/c1-3-4-5-6-7-8-12(2)13-9-10-16(15(13)19)11-14(17)18/h12-13H,3-11H2,1-2H3,(H,17,18). The number of aliphatic carboxylic acids is 1. The lowest BCUT2D eigenvalue weighted by Crippen LogP contribution is -2.33. The van der Waals surface area contributed by atoms with Gasteiger partial charge in [-0.05, 0) is 18.8 Å². The lowest BCUT2D eigenvalue weighted by molar-refractivity contribution is -0.144. The number of amides is 1. The Kier molecular flexibility index (Phi) is 6.89. The summed E-state index contributed by atoms with van der Waals surface area (Å²) in [5.74, 6) is -0.442. The maximum Gasteiger partial charge on any atom is 0.323 e. The van der Waals surface area contributed by atoms with Gasteiger partial charge in [0.1, 0.15) is 6.54 Å². The molecular formula is C15H27NO3. The minimum Gasteiger partial charge on any atom is -0.480 e. The highest BCUT2D eigenvalue weighted by Crippen LogP contribution is 2.29. The SMILES string of the molecule is CCCCCCCC(C)C1CCN(CC(=O)O)C1=O. The Labute approximate surface area is 116 Å². The van der Waals surface area contributed by atoms with Crippen molar-refractivity contribution >= 4 is 11.9 Å². The van der Waals surface area contributed by atoms with Crippen LogP contribution in [0, 0.1) is 11.8 Å². The lowest BCUT2D eigenvalue weighted by Gasteiger charge is -2.19. The number of unbranched alkanes of at least 4 members (excludes halogenated alkanes) is 4. The minimum absolute atomic E-state index is 0.0449. The van der Waals surface area contributed by atoms with Crippen LogP contribution in [-0.2, 0) is 9.59 Å². The van der Waals surface area contributed by atoms with Crippen LogP contribution < -0.4 is 0 Å². The van der Waals surface area contributed by atoms with Gasteiger partial charge in [0, 0.05) is 12.5 Å². The van der Waals surface area contributed by atoms with Crippen LogP contribution in [0.4, 0.5) is 0 Å². The molecule has 110 valence electrons. The second-order valence-corrected chi connectivity index (χ2v) is 5.73. The fourth-order valence-corrected chi connectivity index (χ4v) is 2.88. The molecule has 0 aromatic heterocycles. The lowest BCUT2D eigenvalue weighted by atomic mass is 9.88. The van der Waals surface area contributed by atoms with Crippen molar-refractivity contribution in [3.05, 3.63) is 0 Å². The number of hydrogen-bond acceptors (Lipinski definition) is 2. The molecule has 1 fully saturated rings. The summed E-state index contributed by atoms with van der Waals surface area (Å²) in [5, 5.41) is 8.75. The number of hydrogen-bond donors (Lipinski definition) is 1. The molecule has 4 nitrogen and oxygen atoms in total. The Hall–Kier alpha value is -1.06. The van der Waals surface area contributed by atoms with Crippen molar-refractivity contribution in [1.29, 1.82) is 0 Å². The summed E-state index contributed by atoms with van der Waals surface area (Å²) in [6.07, 6.45) is 8.17. The summed E-state index contributed by atoms with van der Waals surface area (Å²) in [6.45, 7) is 4.80. The topological polar surface area (TPSA) is 57.6 Å². The average molecular weight is 269 g/mol. The van der Waals surface area contributed by atoms with Gasteiger partial charge in [-0.15, -0.1) is 0 Å². The van der Waals surface area contributed by atoms with E-state index in [1.165, 1.54) is 37.0 Å². The van der Waals surface area contributed by atoms with Crippen molar-refractivity contribution in [2.24, 2.45) is 11.8 Å². The van der Waals surface area contributed by atoms with Gasteiger partial charge in [-0.2, -0.15) is 0 Å². The summed E-state index contributed by atoms with van der Waals surface area (Å²) in [4.78, 5) is 24.2. The van der Waals surface area contributed by atoms with Crippen LogP contribution in [-0.4, -0.2) is 35.0 Å². The third-order valence-electron chi connectivity index (χ3n) is 4.11. The van der Waals surface area contributed by atoms with E-state index in [-0.39, 0.29) is 18.4 Å². The highest BCUT2D eigenvalue weighted by Gasteiger charge is 2.35. The number of carboxylic acids is 1. The van der Waals surface area contributed by atoms with Crippen LogP contribution >= 0.6 is 0 Å². The zero-order chi connectivity index (χ0) is 14.3. The molecule has 0 saturated carbocycles. The fraction of sp³-hybridized carbons (Fsp3) is 0.867. The average Bonchev–Trinajstić information content (AvgIpc) is 2.70. The smallest absolute Gasteiger partial charge is 0.323 e. The molecule has 1 saturated heterocycles. The van der Waals surface area contributed by atoms with E-state index in [0.29, 0.717) is 12.5 Å². The normalized spacial score (nSPS) is 20.8. The van der Waals surface area contributed by atoms with E-state index in [4.69, 9.17) is 5.11 Å². The Morgan fingerprint density at radius 1 is 1.37 bits per heavy atom. The van der Waals surface area contributed by atoms with Gasteiger partial charge in [0.25, 0.3) is 0 Å². The summed E-state index contributed by atoms with van der Waals surface area (Å²) >= 11 is 0. The van der Waals surface area contributed by atoms with E-state index in [2.05, 4.69) is 13.8 Å². The number of nitrogens with zero attached hydrogens (tertiary/aromatic N) is 1. The van der Waals surface area contributed by atoms with E-state index in [9.17, 15) is 9.59 Å². The van der Waals surface area contributed by atoms with E-state index in [0.717, 1.165) is 12.8 Å². The molecule has 1 aliphatic rings. The molecule has 0 aromatic rings. The molecule has 0 bridgehead atoms. The first kappa shape index (κ1) is 16.0. The van der Waals surface area contributed by atoms with Gasteiger partial charge in [-0.3, -0.25) is 9.59 Å². The Morgan fingerprint density at radius 3 is 2.68 bits per heavy atom. The van der Waals surface area contributed by atoms with Gasteiger partial charge in [-0.1, -0.05) is 46.0 Å². The van der Waals surface area contributed by atoms with Gasteiger partial charge in [0.15, 0.2) is 0 Å². The summed E-state index contributed by atoms with van der Waals surface area (Å²) < 4.78 is 0. The second-order valence-electron chi connectivity index (χ2n) is 5.73. The van der Waals surface area contributed by atoms with Crippen molar-refractivity contribution in [3.8, 4) is 0 Å². The zero-order valence-corrected chi connectivity index (χ0v) is 12.2. The molecule has 0 radical (unpaired) electrons. The van der Waals surface area contributed by atoms with Gasteiger partial charge in [0.2, 0.25) is 5.91 Å². The molecule has 1 heterocycles. The van der Waals surface area contributed by atoms with Gasteiger partial charge in [0.05, 0.1) is 0 Å². The van der Waals surface area contributed by atoms with Crippen LogP contribution in [0.1, 0.15) is 58.8 Å². The predicted octanol–water partition coefficient (Wildman–Crippen LogP) is 2.92. The highest BCUT2D eigenvalue weighted by atomic mass is 16.4. The molecule has 2 unspecified atom stereocenters. The molecule has 2 atom stereocenters. The minimum atomic E-state index is -0.916. The van der Waals surface area contributed by atoms with E-state index < -0.39 is 5.97 Å². The molecule has 4 heteroatoms. The summed E-state index contributed by atoms with van der Waals surface area (Å²) in [6, 6.07) is 0. The molecule has 0 aliphatic carbocycles. The van der Waals surface area contributed by atoms with Crippen LogP contribution in [0.3, 0.4) is 0 Å². The van der Waals surface area contributed by atoms with E-state index in [1.807, 2.05) is 0 Å². The number of rotatable bonds is 9. The first-order valence-electron chi connectivity index (χ1n) is 7.56. The van der Waals surface area contributed by atoms with Crippen LogP contribution in [0.25, 0.3) is 0 Å². The molecule has 0 aromatic carbocycles. The molecule has 0 spiro atoms. The van der Waals surface area contributed by atoms with Crippen molar-refractivity contribution in [3.63, 3.8) is 0 Å². The zero-order valence-electron chi connectivity index (χ0n) is 12.2. The highest BCUT2D eigenvalue weighted by molar-refractivity contribution is 5.84. The summed E-state index contributed by atoms with van der Waals surface area (Å²) in [5.41, 5.74) is 0. The van der Waals surface area contributed by atoms with Crippen LogP contribution in [0.5, 0.6) is 0 Å². The number of carboxylic acid groups (broad SMARTS) is 1. The van der Waals surface area contributed by atoms with E-state index >= 15 is 0 Å². The predicted molar refractivity (Wildman–Crippen MR) is 74.9 cm³/mol. The molecule has 1 rings (SSSR count). The quantitative estimate of drug-likeness (QED) is 0.655.